The summed E-state index contributed by atoms with van der Waals surface area (Å²) in [5, 5.41) is 17.5. The number of nitrogens with zero attached hydrogens (tertiary/aromatic N) is 2. The predicted molar refractivity (Wildman–Crippen MR) is 75.3 cm³/mol. The third-order valence-electron chi connectivity index (χ3n) is 5.04. The minimum Gasteiger partial charge on any atom is -0.394 e. The van der Waals surface area contributed by atoms with Crippen molar-refractivity contribution in [3.63, 3.8) is 0 Å². The molecule has 0 aromatic rings. The van der Waals surface area contributed by atoms with Crippen LogP contribution in [-0.4, -0.2) is 111 Å². The summed E-state index contributed by atoms with van der Waals surface area (Å²) in [5.74, 6) is 0. The largest absolute Gasteiger partial charge is 0.394 e. The van der Waals surface area contributed by atoms with Gasteiger partial charge in [0.1, 0.15) is 52.4 Å². The number of fused-ring (bicyclic) bond motifs is 3. The molecule has 3 heterocycles. The van der Waals surface area contributed by atoms with E-state index >= 15 is 0 Å². The molecule has 20 heavy (non-hydrogen) atoms. The molecule has 3 rings (SSSR count). The van der Waals surface area contributed by atoms with Gasteiger partial charge in [-0.15, -0.1) is 0 Å². The summed E-state index contributed by atoms with van der Waals surface area (Å²) in [5.41, 5.74) is 0. The average molecular weight is 290 g/mol. The Morgan fingerprint density at radius 3 is 1.25 bits per heavy atom. The van der Waals surface area contributed by atoms with E-state index in [0.717, 1.165) is 26.3 Å². The highest BCUT2D eigenvalue weighted by molar-refractivity contribution is 4.62. The van der Waals surface area contributed by atoms with E-state index < -0.39 is 0 Å². The lowest BCUT2D eigenvalue weighted by atomic mass is 10.1. The van der Waals surface area contributed by atoms with Crippen molar-refractivity contribution in [3.05, 3.63) is 0 Å². The van der Waals surface area contributed by atoms with Crippen molar-refractivity contribution in [2.45, 2.75) is 0 Å². The van der Waals surface area contributed by atoms with Crippen molar-refractivity contribution in [1.82, 2.24) is 0 Å². The van der Waals surface area contributed by atoms with Crippen LogP contribution in [0, 0.1) is 0 Å². The molecule has 0 aromatic heterocycles. The van der Waals surface area contributed by atoms with E-state index in [0.29, 0.717) is 13.2 Å². The van der Waals surface area contributed by atoms with Gasteiger partial charge in [0.25, 0.3) is 0 Å². The quantitative estimate of drug-likeness (QED) is 0.386. The number of hydrogen-bond acceptors (Lipinski definition) is 4. The minimum absolute atomic E-state index is 0.119. The molecule has 2 bridgehead atoms. The fraction of sp³-hybridized carbons (Fsp3) is 1.00. The fourth-order valence-electron chi connectivity index (χ4n) is 3.46. The minimum atomic E-state index is 0.119. The highest BCUT2D eigenvalue weighted by atomic mass is 16.5. The Kier molecular flexibility index (Phi) is 6.20. The summed E-state index contributed by atoms with van der Waals surface area (Å²) in [6.07, 6.45) is 0. The molecule has 3 fully saturated rings. The van der Waals surface area contributed by atoms with Crippen LogP contribution in [0.1, 0.15) is 0 Å². The van der Waals surface area contributed by atoms with E-state index in [4.69, 9.17) is 19.7 Å². The van der Waals surface area contributed by atoms with Gasteiger partial charge in [0.05, 0.1) is 39.6 Å². The molecule has 3 aliphatic rings. The van der Waals surface area contributed by atoms with E-state index in [2.05, 4.69) is 0 Å². The second-order valence-electron chi connectivity index (χ2n) is 6.14. The fourth-order valence-corrected chi connectivity index (χ4v) is 3.46. The summed E-state index contributed by atoms with van der Waals surface area (Å²) in [7, 11) is 0. The second-order valence-corrected chi connectivity index (χ2v) is 6.14. The molecule has 6 nitrogen and oxygen atoms in total. The third kappa shape index (κ3) is 4.13. The lowest BCUT2D eigenvalue weighted by molar-refractivity contribution is -1.08. The molecule has 6 heteroatoms. The van der Waals surface area contributed by atoms with Gasteiger partial charge in [-0.2, -0.15) is 0 Å². The summed E-state index contributed by atoms with van der Waals surface area (Å²) >= 11 is 0. The first kappa shape index (κ1) is 16.1. The van der Waals surface area contributed by atoms with Gasteiger partial charge in [-0.3, -0.25) is 0 Å². The van der Waals surface area contributed by atoms with Crippen LogP contribution in [0.4, 0.5) is 0 Å². The number of hydrogen-bond donors (Lipinski definition) is 2. The molecule has 0 aromatic carbocycles. The van der Waals surface area contributed by atoms with Crippen molar-refractivity contribution in [1.29, 1.82) is 0 Å². The number of piperazine rings is 3. The van der Waals surface area contributed by atoms with E-state index in [1.807, 2.05) is 0 Å². The van der Waals surface area contributed by atoms with Crippen LogP contribution in [0.5, 0.6) is 0 Å². The molecule has 0 radical (unpaired) electrons. The Bertz CT molecular complexity index is 236. The Morgan fingerprint density at radius 2 is 0.950 bits per heavy atom. The lowest BCUT2D eigenvalue weighted by Gasteiger charge is -2.55. The molecule has 0 unspecified atom stereocenters. The van der Waals surface area contributed by atoms with E-state index in [1.165, 1.54) is 48.2 Å². The van der Waals surface area contributed by atoms with Crippen LogP contribution in [0.3, 0.4) is 0 Å². The van der Waals surface area contributed by atoms with Crippen LogP contribution in [0.2, 0.25) is 0 Å². The maximum atomic E-state index is 8.73. The molecule has 0 atom stereocenters. The van der Waals surface area contributed by atoms with Crippen molar-refractivity contribution in [3.8, 4) is 0 Å². The molecule has 3 aliphatic heterocycles. The maximum Gasteiger partial charge on any atom is 0.129 e. The number of rotatable bonds is 10. The molecule has 3 saturated heterocycles. The zero-order chi connectivity index (χ0) is 14.3. The van der Waals surface area contributed by atoms with Crippen LogP contribution in [0.25, 0.3) is 0 Å². The van der Waals surface area contributed by atoms with Gasteiger partial charge in [-0.25, -0.2) is 0 Å². The zero-order valence-corrected chi connectivity index (χ0v) is 12.5. The normalized spacial score (nSPS) is 32.7. The van der Waals surface area contributed by atoms with Gasteiger partial charge in [-0.05, 0) is 0 Å². The lowest BCUT2D eigenvalue weighted by Crippen LogP contribution is -2.75. The van der Waals surface area contributed by atoms with Crippen LogP contribution < -0.4 is 0 Å². The molecule has 118 valence electrons. The molecular weight excluding hydrogens is 260 g/mol. The second kappa shape index (κ2) is 7.68. The molecule has 0 aliphatic carbocycles. The van der Waals surface area contributed by atoms with Crippen LogP contribution in [0.15, 0.2) is 0 Å². The van der Waals surface area contributed by atoms with Crippen molar-refractivity contribution in [2.75, 3.05) is 92.0 Å². The summed E-state index contributed by atoms with van der Waals surface area (Å²) in [6.45, 7) is 12.3. The standard InChI is InChI=1S/C14H30N2O4/c17-9-13-19-11-7-15-1-2-16(5-3-15,6-4-15)8-12-20-14-10-18/h17-18H,1-14H2/q+2. The zero-order valence-electron chi connectivity index (χ0n) is 12.5. The number of aliphatic hydroxyl groups is 2. The Labute approximate surface area is 121 Å². The monoisotopic (exact) mass is 290 g/mol. The maximum absolute atomic E-state index is 8.73. The van der Waals surface area contributed by atoms with E-state index in [-0.39, 0.29) is 13.2 Å². The van der Waals surface area contributed by atoms with Crippen molar-refractivity contribution >= 4 is 0 Å². The third-order valence-corrected chi connectivity index (χ3v) is 5.04. The van der Waals surface area contributed by atoms with E-state index in [9.17, 15) is 0 Å². The van der Waals surface area contributed by atoms with Gasteiger partial charge < -0.3 is 28.7 Å². The molecule has 0 amide bonds. The Hall–Kier alpha value is -0.240. The Balaban J connectivity index is 1.70. The first-order valence-electron chi connectivity index (χ1n) is 7.82. The SMILES string of the molecule is OCCOCC[N+]12CC[N+](CCOCCO)(CC1)CC2. The van der Waals surface area contributed by atoms with Crippen molar-refractivity contribution in [2.24, 2.45) is 0 Å². The van der Waals surface area contributed by atoms with Gasteiger partial charge >= 0.3 is 0 Å². The summed E-state index contributed by atoms with van der Waals surface area (Å²) in [4.78, 5) is 0. The molecule has 0 spiro atoms. The first-order chi connectivity index (χ1) is 9.74. The molecule has 2 N–H and O–H groups in total. The highest BCUT2D eigenvalue weighted by Gasteiger charge is 2.48. The highest BCUT2D eigenvalue weighted by Crippen LogP contribution is 2.26. The van der Waals surface area contributed by atoms with Crippen molar-refractivity contribution < 1.29 is 28.7 Å². The van der Waals surface area contributed by atoms with Gasteiger partial charge in [-0.1, -0.05) is 0 Å². The topological polar surface area (TPSA) is 58.9 Å². The van der Waals surface area contributed by atoms with Gasteiger partial charge in [0.2, 0.25) is 0 Å². The number of aliphatic hydroxyl groups excluding tert-OH is 2. The van der Waals surface area contributed by atoms with Crippen LogP contribution in [-0.2, 0) is 9.47 Å². The summed E-state index contributed by atoms with van der Waals surface area (Å²) < 4.78 is 13.3. The van der Waals surface area contributed by atoms with Gasteiger partial charge in [0, 0.05) is 0 Å². The van der Waals surface area contributed by atoms with Gasteiger partial charge in [0.15, 0.2) is 0 Å². The molecular formula is C14H30N2O4+2. The smallest absolute Gasteiger partial charge is 0.129 e. The Morgan fingerprint density at radius 1 is 0.600 bits per heavy atom. The predicted octanol–water partition coefficient (Wildman–Crippen LogP) is -1.33. The average Bonchev–Trinajstić information content (AvgIpc) is 2.50. The summed E-state index contributed by atoms with van der Waals surface area (Å²) in [6, 6.07) is 0. The van der Waals surface area contributed by atoms with E-state index in [1.54, 1.807) is 0 Å². The number of ether oxygens (including phenoxy) is 2. The number of quaternary nitrogens is 2. The first-order valence-corrected chi connectivity index (χ1v) is 7.82. The molecule has 0 saturated carbocycles. The van der Waals surface area contributed by atoms with Crippen LogP contribution >= 0.6 is 0 Å².